The fourth-order valence-corrected chi connectivity index (χ4v) is 3.58. The summed E-state index contributed by atoms with van der Waals surface area (Å²) in [6.07, 6.45) is 2.61. The third-order valence-electron chi connectivity index (χ3n) is 4.77. The molecule has 0 aliphatic carbocycles. The maximum Gasteiger partial charge on any atom is 0.191 e. The van der Waals surface area contributed by atoms with E-state index < -0.39 is 0 Å². The topological polar surface area (TPSA) is 54.9 Å². The third kappa shape index (κ3) is 7.49. The molecule has 154 valence electrons. The second-order valence-electron chi connectivity index (χ2n) is 7.95. The molecule has 0 spiro atoms. The molecule has 1 aromatic carbocycles. The van der Waals surface area contributed by atoms with Gasteiger partial charge in [-0.25, -0.2) is 4.99 Å². The van der Waals surface area contributed by atoms with Crippen LogP contribution in [0.4, 0.5) is 0 Å². The van der Waals surface area contributed by atoms with Crippen LogP contribution in [0.2, 0.25) is 0 Å². The van der Waals surface area contributed by atoms with Gasteiger partial charge in [0.2, 0.25) is 0 Å². The summed E-state index contributed by atoms with van der Waals surface area (Å²) >= 11 is 0. The molecule has 27 heavy (non-hydrogen) atoms. The lowest BCUT2D eigenvalue weighted by molar-refractivity contribution is -0.0835. The Bertz CT molecular complexity index is 587. The minimum Gasteiger partial charge on any atom is -0.496 e. The number of hydrogen-bond donors (Lipinski definition) is 2. The third-order valence-corrected chi connectivity index (χ3v) is 4.77. The Morgan fingerprint density at radius 2 is 2.00 bits per heavy atom. The molecule has 1 fully saturated rings. The Morgan fingerprint density at radius 3 is 2.67 bits per heavy atom. The Morgan fingerprint density at radius 1 is 1.26 bits per heavy atom. The number of methoxy groups -OCH3 is 1. The summed E-state index contributed by atoms with van der Waals surface area (Å²) in [5.41, 5.74) is 1.24. The first-order chi connectivity index (χ1) is 12.5. The van der Waals surface area contributed by atoms with E-state index in [1.807, 2.05) is 18.2 Å². The Balaban J connectivity index is 0.00000364. The van der Waals surface area contributed by atoms with Crippen LogP contribution in [-0.2, 0) is 11.3 Å². The number of ether oxygens (including phenoxy) is 2. The molecular weight excluding hydrogens is 453 g/mol. The first-order valence-electron chi connectivity index (χ1n) is 9.71. The quantitative estimate of drug-likeness (QED) is 0.357. The highest BCUT2D eigenvalue weighted by atomic mass is 127. The zero-order valence-electron chi connectivity index (χ0n) is 17.4. The molecule has 2 N–H and O–H groups in total. The number of para-hydroxylation sites is 1. The van der Waals surface area contributed by atoms with Gasteiger partial charge in [0.15, 0.2) is 5.96 Å². The van der Waals surface area contributed by atoms with E-state index in [4.69, 9.17) is 14.5 Å². The van der Waals surface area contributed by atoms with Crippen molar-refractivity contribution in [1.29, 1.82) is 0 Å². The van der Waals surface area contributed by atoms with Crippen LogP contribution in [0.15, 0.2) is 29.3 Å². The Kier molecular flexibility index (Phi) is 10.4. The van der Waals surface area contributed by atoms with Crippen LogP contribution >= 0.6 is 24.0 Å². The van der Waals surface area contributed by atoms with E-state index >= 15 is 0 Å². The van der Waals surface area contributed by atoms with Gasteiger partial charge in [-0.3, -0.25) is 0 Å². The standard InChI is InChI=1S/C21H35N3O2.HI/c1-6-22-20(23-14-16-10-7-8-12-18(16)25-5)24-15-17-11-9-13-26-19(17)21(2,3)4;/h7-8,10,12,17,19H,6,9,11,13-15H2,1-5H3,(H2,22,23,24);1H. The van der Waals surface area contributed by atoms with Gasteiger partial charge >= 0.3 is 0 Å². The van der Waals surface area contributed by atoms with Crippen molar-refractivity contribution in [1.82, 2.24) is 10.6 Å². The molecule has 2 atom stereocenters. The predicted molar refractivity (Wildman–Crippen MR) is 123 cm³/mol. The lowest BCUT2D eigenvalue weighted by Crippen LogP contribution is -2.47. The average molecular weight is 489 g/mol. The number of halogens is 1. The number of hydrogen-bond acceptors (Lipinski definition) is 3. The Labute approximate surface area is 181 Å². The van der Waals surface area contributed by atoms with Crippen molar-refractivity contribution in [2.75, 3.05) is 26.8 Å². The number of benzene rings is 1. The summed E-state index contributed by atoms with van der Waals surface area (Å²) in [6, 6.07) is 8.02. The zero-order chi connectivity index (χ0) is 19.0. The highest BCUT2D eigenvalue weighted by molar-refractivity contribution is 14.0. The second kappa shape index (κ2) is 11.7. The second-order valence-corrected chi connectivity index (χ2v) is 7.95. The molecule has 1 aliphatic rings. The highest BCUT2D eigenvalue weighted by Gasteiger charge is 2.35. The van der Waals surface area contributed by atoms with Crippen molar-refractivity contribution in [3.05, 3.63) is 29.8 Å². The van der Waals surface area contributed by atoms with Gasteiger partial charge in [0, 0.05) is 31.2 Å². The van der Waals surface area contributed by atoms with Gasteiger partial charge in [-0.2, -0.15) is 0 Å². The van der Waals surface area contributed by atoms with Crippen LogP contribution in [0, 0.1) is 11.3 Å². The lowest BCUT2D eigenvalue weighted by atomic mass is 9.78. The summed E-state index contributed by atoms with van der Waals surface area (Å²) in [7, 11) is 1.70. The molecule has 0 aromatic heterocycles. The van der Waals surface area contributed by atoms with Crippen molar-refractivity contribution in [3.63, 3.8) is 0 Å². The number of aliphatic imine (C=N–C) groups is 1. The largest absolute Gasteiger partial charge is 0.496 e. The summed E-state index contributed by atoms with van der Waals surface area (Å²) < 4.78 is 11.5. The van der Waals surface area contributed by atoms with Crippen molar-refractivity contribution >= 4 is 29.9 Å². The van der Waals surface area contributed by atoms with Gasteiger partial charge in [0.05, 0.1) is 19.8 Å². The van der Waals surface area contributed by atoms with E-state index in [0.717, 1.165) is 43.4 Å². The summed E-state index contributed by atoms with van der Waals surface area (Å²) in [5.74, 6) is 2.22. The molecule has 0 bridgehead atoms. The van der Waals surface area contributed by atoms with E-state index in [2.05, 4.69) is 44.4 Å². The first-order valence-corrected chi connectivity index (χ1v) is 9.71. The SMILES string of the molecule is CCNC(=NCc1ccccc1OC)NCC1CCCOC1C(C)(C)C.I. The number of guanidine groups is 1. The summed E-state index contributed by atoms with van der Waals surface area (Å²) in [4.78, 5) is 4.74. The molecule has 1 saturated heterocycles. The molecule has 1 heterocycles. The van der Waals surface area contributed by atoms with Gasteiger partial charge in [-0.05, 0) is 31.2 Å². The van der Waals surface area contributed by atoms with E-state index in [1.54, 1.807) is 7.11 Å². The number of rotatable bonds is 6. The maximum absolute atomic E-state index is 6.09. The smallest absolute Gasteiger partial charge is 0.191 e. The molecular formula is C21H36IN3O2. The molecule has 0 amide bonds. The van der Waals surface area contributed by atoms with Crippen LogP contribution in [0.1, 0.15) is 46.1 Å². The van der Waals surface area contributed by atoms with Gasteiger partial charge in [0.1, 0.15) is 5.75 Å². The molecule has 6 heteroatoms. The lowest BCUT2D eigenvalue weighted by Gasteiger charge is -2.40. The number of nitrogens with zero attached hydrogens (tertiary/aromatic N) is 1. The molecule has 0 saturated carbocycles. The van der Waals surface area contributed by atoms with Gasteiger partial charge in [-0.15, -0.1) is 24.0 Å². The summed E-state index contributed by atoms with van der Waals surface area (Å²) in [5, 5.41) is 6.86. The zero-order valence-corrected chi connectivity index (χ0v) is 19.7. The van der Waals surface area contributed by atoms with Crippen molar-refractivity contribution in [3.8, 4) is 5.75 Å². The van der Waals surface area contributed by atoms with Gasteiger partial charge < -0.3 is 20.1 Å². The van der Waals surface area contributed by atoms with Crippen molar-refractivity contribution in [2.24, 2.45) is 16.3 Å². The van der Waals surface area contributed by atoms with Gasteiger partial charge in [-0.1, -0.05) is 39.0 Å². The van der Waals surface area contributed by atoms with Crippen molar-refractivity contribution < 1.29 is 9.47 Å². The molecule has 5 nitrogen and oxygen atoms in total. The highest BCUT2D eigenvalue weighted by Crippen LogP contribution is 2.33. The van der Waals surface area contributed by atoms with Crippen LogP contribution in [0.25, 0.3) is 0 Å². The van der Waals surface area contributed by atoms with E-state index in [1.165, 1.54) is 6.42 Å². The van der Waals surface area contributed by atoms with E-state index in [9.17, 15) is 0 Å². The maximum atomic E-state index is 6.09. The Hall–Kier alpha value is -1.02. The monoisotopic (exact) mass is 489 g/mol. The molecule has 0 radical (unpaired) electrons. The fraction of sp³-hybridized carbons (Fsp3) is 0.667. The minimum absolute atomic E-state index is 0. The molecule has 1 aromatic rings. The molecule has 2 rings (SSSR count). The van der Waals surface area contributed by atoms with E-state index in [-0.39, 0.29) is 35.5 Å². The average Bonchev–Trinajstić information content (AvgIpc) is 2.63. The molecule has 2 unspecified atom stereocenters. The number of nitrogens with one attached hydrogen (secondary N) is 2. The first kappa shape index (κ1) is 24.0. The van der Waals surface area contributed by atoms with E-state index in [0.29, 0.717) is 12.5 Å². The minimum atomic E-state index is 0. The predicted octanol–water partition coefficient (Wildman–Crippen LogP) is 4.21. The van der Waals surface area contributed by atoms with Crippen LogP contribution in [0.3, 0.4) is 0 Å². The summed E-state index contributed by atoms with van der Waals surface area (Å²) in [6.45, 7) is 12.0. The van der Waals surface area contributed by atoms with Crippen LogP contribution in [-0.4, -0.2) is 38.9 Å². The normalized spacial score (nSPS) is 20.6. The molecule has 1 aliphatic heterocycles. The van der Waals surface area contributed by atoms with Crippen LogP contribution in [0.5, 0.6) is 5.75 Å². The van der Waals surface area contributed by atoms with Gasteiger partial charge in [0.25, 0.3) is 0 Å². The van der Waals surface area contributed by atoms with Crippen molar-refractivity contribution in [2.45, 2.75) is 53.2 Å². The fourth-order valence-electron chi connectivity index (χ4n) is 3.58. The van der Waals surface area contributed by atoms with Crippen LogP contribution < -0.4 is 15.4 Å².